The van der Waals surface area contributed by atoms with Crippen LogP contribution in [0.2, 0.25) is 0 Å². The van der Waals surface area contributed by atoms with Crippen molar-refractivity contribution in [1.82, 2.24) is 0 Å². The predicted molar refractivity (Wildman–Crippen MR) is 93.8 cm³/mol. The number of aliphatic hydroxyl groups is 4. The molecule has 10 heteroatoms. The molecule has 0 aromatic heterocycles. The Morgan fingerprint density at radius 1 is 1.15 bits per heavy atom. The van der Waals surface area contributed by atoms with Crippen molar-refractivity contribution < 1.29 is 44.2 Å². The summed E-state index contributed by atoms with van der Waals surface area (Å²) < 4.78 is 21.5. The van der Waals surface area contributed by atoms with Crippen molar-refractivity contribution in [3.8, 4) is 17.2 Å². The highest BCUT2D eigenvalue weighted by molar-refractivity contribution is 6.66. The van der Waals surface area contributed by atoms with Gasteiger partial charge in [-0.1, -0.05) is 0 Å². The number of methoxy groups -OCH3 is 2. The van der Waals surface area contributed by atoms with Gasteiger partial charge in [0.05, 0.1) is 20.8 Å². The van der Waals surface area contributed by atoms with Gasteiger partial charge in [-0.2, -0.15) is 0 Å². The maximum Gasteiger partial charge on any atom is 0.245 e. The molecule has 1 heterocycles. The number of carbonyl (C=O) groups excluding carboxylic acids is 1. The lowest BCUT2D eigenvalue weighted by Crippen LogP contribution is -2.60. The maximum absolute atomic E-state index is 10.9. The van der Waals surface area contributed by atoms with Gasteiger partial charge in [0.25, 0.3) is 0 Å². The Balaban J connectivity index is 2.35. The molecule has 0 saturated carbocycles. The van der Waals surface area contributed by atoms with Crippen molar-refractivity contribution in [2.75, 3.05) is 20.8 Å². The molecule has 9 nitrogen and oxygen atoms in total. The molecule has 1 aromatic carbocycles. The largest absolute Gasteiger partial charge is 0.493 e. The Labute approximate surface area is 160 Å². The molecule has 0 spiro atoms. The van der Waals surface area contributed by atoms with Gasteiger partial charge in [-0.15, -0.1) is 0 Å². The summed E-state index contributed by atoms with van der Waals surface area (Å²) in [6.07, 6.45) is -4.63. The van der Waals surface area contributed by atoms with E-state index in [9.17, 15) is 25.2 Å². The average molecular weight is 405 g/mol. The minimum Gasteiger partial charge on any atom is -0.493 e. The Hall–Kier alpha value is -1.88. The zero-order valence-electron chi connectivity index (χ0n) is 14.6. The highest BCUT2D eigenvalue weighted by Gasteiger charge is 2.45. The quantitative estimate of drug-likeness (QED) is 0.355. The Morgan fingerprint density at radius 3 is 2.22 bits per heavy atom. The van der Waals surface area contributed by atoms with E-state index >= 15 is 0 Å². The average Bonchev–Trinajstić information content (AvgIpc) is 2.66. The van der Waals surface area contributed by atoms with Crippen molar-refractivity contribution in [1.29, 1.82) is 0 Å². The van der Waals surface area contributed by atoms with Crippen molar-refractivity contribution in [2.45, 2.75) is 30.7 Å². The molecule has 0 radical (unpaired) electrons. The summed E-state index contributed by atoms with van der Waals surface area (Å²) >= 11 is 5.28. The van der Waals surface area contributed by atoms with Crippen LogP contribution in [0.5, 0.6) is 17.2 Å². The Morgan fingerprint density at radius 2 is 1.74 bits per heavy atom. The molecular formula is C17H21ClO9. The minimum absolute atomic E-state index is 0.0543. The molecular weight excluding hydrogens is 384 g/mol. The van der Waals surface area contributed by atoms with Crippen molar-refractivity contribution >= 4 is 22.9 Å². The first kappa shape index (κ1) is 21.4. The highest BCUT2D eigenvalue weighted by Crippen LogP contribution is 2.40. The van der Waals surface area contributed by atoms with E-state index in [1.807, 2.05) is 0 Å². The first-order valence-electron chi connectivity index (χ1n) is 7.93. The van der Waals surface area contributed by atoms with Crippen molar-refractivity contribution in [3.05, 3.63) is 23.8 Å². The number of benzene rings is 1. The second-order valence-electron chi connectivity index (χ2n) is 5.71. The molecule has 1 saturated heterocycles. The van der Waals surface area contributed by atoms with Crippen LogP contribution in [0, 0.1) is 0 Å². The molecule has 2 rings (SSSR count). The number of hydrogen-bond acceptors (Lipinski definition) is 9. The Kier molecular flexibility index (Phi) is 7.42. The van der Waals surface area contributed by atoms with Gasteiger partial charge in [-0.05, 0) is 41.4 Å². The van der Waals surface area contributed by atoms with Crippen LogP contribution in [0.25, 0.3) is 6.08 Å². The zero-order valence-corrected chi connectivity index (χ0v) is 15.4. The number of hydrogen-bond donors (Lipinski definition) is 4. The molecule has 150 valence electrons. The number of aliphatic hydroxyl groups excluding tert-OH is 4. The first-order chi connectivity index (χ1) is 12.8. The maximum atomic E-state index is 10.9. The first-order valence-corrected chi connectivity index (χ1v) is 8.30. The molecule has 1 aliphatic heterocycles. The fourth-order valence-electron chi connectivity index (χ4n) is 2.56. The highest BCUT2D eigenvalue weighted by atomic mass is 35.5. The van der Waals surface area contributed by atoms with Crippen LogP contribution >= 0.6 is 11.6 Å². The summed E-state index contributed by atoms with van der Waals surface area (Å²) in [6.45, 7) is -0.588. The molecule has 0 aliphatic carbocycles. The number of carbonyl (C=O) groups is 1. The van der Waals surface area contributed by atoms with Crippen LogP contribution in [0.1, 0.15) is 5.56 Å². The van der Waals surface area contributed by atoms with Gasteiger partial charge in [0.15, 0.2) is 11.5 Å². The van der Waals surface area contributed by atoms with Gasteiger partial charge in [0, 0.05) is 0 Å². The molecule has 0 unspecified atom stereocenters. The number of allylic oxidation sites excluding steroid dienone is 1. The second kappa shape index (κ2) is 9.36. The topological polar surface area (TPSA) is 135 Å². The van der Waals surface area contributed by atoms with Crippen LogP contribution < -0.4 is 14.2 Å². The number of rotatable bonds is 7. The SMILES string of the molecule is COc1cc(/C=C/C(=O)Cl)cc(OC)c1O[C@@H]1O[C@H](CO)[C@H](O)[C@H](O)[C@H]1O. The molecule has 1 aromatic rings. The molecule has 4 N–H and O–H groups in total. The number of halogens is 1. The van der Waals surface area contributed by atoms with Crippen LogP contribution in [0.3, 0.4) is 0 Å². The third kappa shape index (κ3) is 4.89. The molecule has 5 atom stereocenters. The van der Waals surface area contributed by atoms with Crippen LogP contribution in [0.15, 0.2) is 18.2 Å². The summed E-state index contributed by atoms with van der Waals surface area (Å²) in [7, 11) is 2.74. The standard InChI is InChI=1S/C17H21ClO9/c1-24-9-5-8(3-4-12(18)20)6-10(25-2)16(9)27-17-15(23)14(22)13(21)11(7-19)26-17/h3-6,11,13-15,17,19,21-23H,7H2,1-2H3/b4-3+/t11-,13+,14+,15-,17+/m1/s1. The molecule has 0 amide bonds. The third-order valence-electron chi connectivity index (χ3n) is 3.97. The van der Waals surface area contributed by atoms with E-state index in [2.05, 4.69) is 0 Å². The fourth-order valence-corrected chi connectivity index (χ4v) is 2.62. The summed E-state index contributed by atoms with van der Waals surface area (Å²) in [6, 6.07) is 3.05. The third-order valence-corrected chi connectivity index (χ3v) is 4.10. The van der Waals surface area contributed by atoms with E-state index in [0.717, 1.165) is 6.08 Å². The van der Waals surface area contributed by atoms with E-state index in [0.29, 0.717) is 5.56 Å². The van der Waals surface area contributed by atoms with Gasteiger partial charge in [0.1, 0.15) is 24.4 Å². The smallest absolute Gasteiger partial charge is 0.245 e. The summed E-state index contributed by atoms with van der Waals surface area (Å²) in [5.74, 6) is 0.430. The van der Waals surface area contributed by atoms with Gasteiger partial charge in [0.2, 0.25) is 17.3 Å². The Bertz CT molecular complexity index is 666. The fraction of sp³-hybridized carbons (Fsp3) is 0.471. The lowest BCUT2D eigenvalue weighted by molar-refractivity contribution is -0.277. The second-order valence-corrected chi connectivity index (χ2v) is 6.08. The monoisotopic (exact) mass is 404 g/mol. The minimum atomic E-state index is -1.59. The number of ether oxygens (including phenoxy) is 4. The van der Waals surface area contributed by atoms with Gasteiger partial charge in [-0.3, -0.25) is 4.79 Å². The summed E-state index contributed by atoms with van der Waals surface area (Å²) in [4.78, 5) is 10.9. The van der Waals surface area contributed by atoms with E-state index in [4.69, 9.17) is 30.5 Å². The van der Waals surface area contributed by atoms with E-state index in [1.54, 1.807) is 0 Å². The zero-order chi connectivity index (χ0) is 20.1. The lowest BCUT2D eigenvalue weighted by atomic mass is 9.99. The van der Waals surface area contributed by atoms with Crippen LogP contribution in [-0.4, -0.2) is 77.2 Å². The predicted octanol–water partition coefficient (Wildman–Crippen LogP) is -0.339. The van der Waals surface area contributed by atoms with Crippen LogP contribution in [-0.2, 0) is 9.53 Å². The van der Waals surface area contributed by atoms with Gasteiger partial charge >= 0.3 is 0 Å². The van der Waals surface area contributed by atoms with Gasteiger partial charge in [-0.25, -0.2) is 0 Å². The molecule has 27 heavy (non-hydrogen) atoms. The lowest BCUT2D eigenvalue weighted by Gasteiger charge is -2.39. The van der Waals surface area contributed by atoms with E-state index in [-0.39, 0.29) is 17.2 Å². The van der Waals surface area contributed by atoms with Gasteiger partial charge < -0.3 is 39.4 Å². The normalized spacial score (nSPS) is 28.2. The van der Waals surface area contributed by atoms with E-state index < -0.39 is 42.6 Å². The van der Waals surface area contributed by atoms with E-state index in [1.165, 1.54) is 32.4 Å². The van der Waals surface area contributed by atoms with Crippen molar-refractivity contribution in [2.24, 2.45) is 0 Å². The van der Waals surface area contributed by atoms with Crippen molar-refractivity contribution in [3.63, 3.8) is 0 Å². The molecule has 0 bridgehead atoms. The summed E-state index contributed by atoms with van der Waals surface area (Å²) in [5.41, 5.74) is 0.527. The molecule has 1 fully saturated rings. The molecule has 1 aliphatic rings. The summed E-state index contributed by atoms with van der Waals surface area (Å²) in [5, 5.41) is 38.4. The van der Waals surface area contributed by atoms with Crippen LogP contribution in [0.4, 0.5) is 0 Å².